The zero-order valence-corrected chi connectivity index (χ0v) is 16.4. The summed E-state index contributed by atoms with van der Waals surface area (Å²) in [5.41, 5.74) is 4.52. The van der Waals surface area contributed by atoms with Crippen LogP contribution in [0.3, 0.4) is 0 Å². The van der Waals surface area contributed by atoms with Gasteiger partial charge in [0.25, 0.3) is 0 Å². The second kappa shape index (κ2) is 9.33. The molecule has 3 aromatic rings. The van der Waals surface area contributed by atoms with Crippen LogP contribution in [0.25, 0.3) is 0 Å². The first-order valence-electron chi connectivity index (χ1n) is 9.07. The monoisotopic (exact) mass is 381 g/mol. The number of nitrogens with one attached hydrogen (secondary N) is 1. The van der Waals surface area contributed by atoms with Crippen molar-refractivity contribution < 1.29 is 9.47 Å². The van der Waals surface area contributed by atoms with E-state index in [1.807, 2.05) is 49.4 Å². The van der Waals surface area contributed by atoms with Crippen molar-refractivity contribution >= 4 is 17.3 Å². The van der Waals surface area contributed by atoms with Crippen LogP contribution in [-0.2, 0) is 13.2 Å². The van der Waals surface area contributed by atoms with Crippen molar-refractivity contribution in [3.8, 4) is 11.5 Å². The summed E-state index contributed by atoms with van der Waals surface area (Å²) in [5, 5.41) is 4.12. The van der Waals surface area contributed by atoms with E-state index in [2.05, 4.69) is 36.5 Å². The van der Waals surface area contributed by atoms with Crippen LogP contribution in [0.5, 0.6) is 11.5 Å². The van der Waals surface area contributed by atoms with Crippen molar-refractivity contribution in [1.82, 2.24) is 0 Å². The molecule has 0 aliphatic carbocycles. The number of anilines is 1. The van der Waals surface area contributed by atoms with Crippen molar-refractivity contribution in [2.24, 2.45) is 0 Å². The predicted molar refractivity (Wildman–Crippen MR) is 112 cm³/mol. The first-order valence-corrected chi connectivity index (χ1v) is 9.45. The molecular weight excluding hydrogens is 358 g/mol. The lowest BCUT2D eigenvalue weighted by Gasteiger charge is -2.14. The molecule has 140 valence electrons. The molecule has 4 heteroatoms. The van der Waals surface area contributed by atoms with E-state index < -0.39 is 0 Å². The molecule has 0 radical (unpaired) electrons. The summed E-state index contributed by atoms with van der Waals surface area (Å²) in [4.78, 5) is 0. The molecule has 0 amide bonds. The number of hydrogen-bond donors (Lipinski definition) is 1. The van der Waals surface area contributed by atoms with Gasteiger partial charge in [0.05, 0.1) is 6.61 Å². The molecular formula is C23H24ClNO2. The quantitative estimate of drug-likeness (QED) is 0.501. The van der Waals surface area contributed by atoms with Gasteiger partial charge in [-0.25, -0.2) is 0 Å². The highest BCUT2D eigenvalue weighted by Crippen LogP contribution is 2.30. The number of aryl methyl sites for hydroxylation is 1. The Labute approximate surface area is 165 Å². The van der Waals surface area contributed by atoms with Crippen LogP contribution in [0.15, 0.2) is 66.7 Å². The van der Waals surface area contributed by atoms with Crippen LogP contribution in [0.1, 0.15) is 23.6 Å². The molecule has 0 saturated heterocycles. The highest BCUT2D eigenvalue weighted by Gasteiger charge is 2.07. The Balaban J connectivity index is 1.67. The molecule has 3 aromatic carbocycles. The van der Waals surface area contributed by atoms with Gasteiger partial charge in [0, 0.05) is 17.3 Å². The Morgan fingerprint density at radius 2 is 1.67 bits per heavy atom. The van der Waals surface area contributed by atoms with Crippen LogP contribution in [0, 0.1) is 6.92 Å². The third-order valence-electron chi connectivity index (χ3n) is 4.13. The van der Waals surface area contributed by atoms with Crippen LogP contribution in [0.2, 0.25) is 5.02 Å². The SMILES string of the molecule is CCOc1cc(CNc2ccc(Cl)cc2)ccc1OCc1cccc(C)c1. The minimum atomic E-state index is 0.518. The zero-order chi connectivity index (χ0) is 19.1. The number of rotatable bonds is 8. The smallest absolute Gasteiger partial charge is 0.161 e. The van der Waals surface area contributed by atoms with Gasteiger partial charge >= 0.3 is 0 Å². The fourth-order valence-electron chi connectivity index (χ4n) is 2.78. The van der Waals surface area contributed by atoms with Crippen molar-refractivity contribution in [2.75, 3.05) is 11.9 Å². The third kappa shape index (κ3) is 5.66. The first kappa shape index (κ1) is 19.1. The Morgan fingerprint density at radius 1 is 0.852 bits per heavy atom. The van der Waals surface area contributed by atoms with Gasteiger partial charge in [-0.15, -0.1) is 0 Å². The first-order chi connectivity index (χ1) is 13.1. The molecule has 0 heterocycles. The molecule has 0 aliphatic heterocycles. The van der Waals surface area contributed by atoms with Gasteiger partial charge in [-0.05, 0) is 61.4 Å². The van der Waals surface area contributed by atoms with Crippen molar-refractivity contribution in [3.63, 3.8) is 0 Å². The van der Waals surface area contributed by atoms with Gasteiger partial charge in [-0.3, -0.25) is 0 Å². The van der Waals surface area contributed by atoms with Crippen LogP contribution in [0.4, 0.5) is 5.69 Å². The summed E-state index contributed by atoms with van der Waals surface area (Å²) in [6.07, 6.45) is 0. The second-order valence-corrected chi connectivity index (χ2v) is 6.79. The topological polar surface area (TPSA) is 30.5 Å². The number of hydrogen-bond acceptors (Lipinski definition) is 3. The largest absolute Gasteiger partial charge is 0.490 e. The Bertz CT molecular complexity index is 878. The van der Waals surface area contributed by atoms with Crippen LogP contribution < -0.4 is 14.8 Å². The van der Waals surface area contributed by atoms with E-state index in [4.69, 9.17) is 21.1 Å². The van der Waals surface area contributed by atoms with Crippen molar-refractivity contribution in [2.45, 2.75) is 27.0 Å². The molecule has 0 fully saturated rings. The lowest BCUT2D eigenvalue weighted by atomic mass is 10.1. The van der Waals surface area contributed by atoms with Crippen molar-refractivity contribution in [3.05, 3.63) is 88.4 Å². The van der Waals surface area contributed by atoms with E-state index in [1.165, 1.54) is 5.56 Å². The molecule has 3 rings (SSSR count). The van der Waals surface area contributed by atoms with E-state index in [0.29, 0.717) is 19.8 Å². The molecule has 27 heavy (non-hydrogen) atoms. The van der Waals surface area contributed by atoms with Gasteiger partial charge in [0.1, 0.15) is 6.61 Å². The maximum atomic E-state index is 6.00. The van der Waals surface area contributed by atoms with E-state index in [-0.39, 0.29) is 0 Å². The molecule has 0 atom stereocenters. The predicted octanol–water partition coefficient (Wildman–Crippen LogP) is 6.24. The summed E-state index contributed by atoms with van der Waals surface area (Å²) in [5.74, 6) is 1.52. The summed E-state index contributed by atoms with van der Waals surface area (Å²) >= 11 is 5.93. The molecule has 0 saturated carbocycles. The summed E-state index contributed by atoms with van der Waals surface area (Å²) in [7, 11) is 0. The Morgan fingerprint density at radius 3 is 2.41 bits per heavy atom. The summed E-state index contributed by atoms with van der Waals surface area (Å²) in [6.45, 7) is 5.86. The van der Waals surface area contributed by atoms with Gasteiger partial charge in [-0.2, -0.15) is 0 Å². The summed E-state index contributed by atoms with van der Waals surface area (Å²) in [6, 6.07) is 22.0. The average Bonchev–Trinajstić information content (AvgIpc) is 2.67. The fourth-order valence-corrected chi connectivity index (χ4v) is 2.91. The molecule has 0 bridgehead atoms. The molecule has 0 unspecified atom stereocenters. The maximum absolute atomic E-state index is 6.00. The van der Waals surface area contributed by atoms with Gasteiger partial charge < -0.3 is 14.8 Å². The van der Waals surface area contributed by atoms with Gasteiger partial charge in [-0.1, -0.05) is 47.5 Å². The van der Waals surface area contributed by atoms with Crippen LogP contribution in [-0.4, -0.2) is 6.61 Å². The standard InChI is InChI=1S/C23H24ClNO2/c1-3-26-23-14-18(15-25-21-10-8-20(24)9-11-21)7-12-22(23)27-16-19-6-4-5-17(2)13-19/h4-14,25H,3,15-16H2,1-2H3. The number of ether oxygens (including phenoxy) is 2. The Hall–Kier alpha value is -2.65. The lowest BCUT2D eigenvalue weighted by Crippen LogP contribution is -2.03. The molecule has 0 aliphatic rings. The second-order valence-electron chi connectivity index (χ2n) is 6.35. The number of benzene rings is 3. The number of halogens is 1. The van der Waals surface area contributed by atoms with Gasteiger partial charge in [0.15, 0.2) is 11.5 Å². The molecule has 0 spiro atoms. The van der Waals surface area contributed by atoms with Gasteiger partial charge in [0.2, 0.25) is 0 Å². The van der Waals surface area contributed by atoms with Crippen molar-refractivity contribution in [1.29, 1.82) is 0 Å². The van der Waals surface area contributed by atoms with E-state index in [0.717, 1.165) is 33.3 Å². The van der Waals surface area contributed by atoms with E-state index in [1.54, 1.807) is 0 Å². The highest BCUT2D eigenvalue weighted by molar-refractivity contribution is 6.30. The normalized spacial score (nSPS) is 10.5. The Kier molecular flexibility index (Phi) is 6.61. The minimum absolute atomic E-state index is 0.518. The molecule has 3 nitrogen and oxygen atoms in total. The zero-order valence-electron chi connectivity index (χ0n) is 15.7. The fraction of sp³-hybridized carbons (Fsp3) is 0.217. The highest BCUT2D eigenvalue weighted by atomic mass is 35.5. The van der Waals surface area contributed by atoms with Crippen LogP contribution >= 0.6 is 11.6 Å². The summed E-state index contributed by atoms with van der Waals surface area (Å²) < 4.78 is 11.8. The lowest BCUT2D eigenvalue weighted by molar-refractivity contribution is 0.269. The maximum Gasteiger partial charge on any atom is 0.161 e. The third-order valence-corrected chi connectivity index (χ3v) is 4.38. The average molecular weight is 382 g/mol. The van der Waals surface area contributed by atoms with E-state index >= 15 is 0 Å². The minimum Gasteiger partial charge on any atom is -0.490 e. The van der Waals surface area contributed by atoms with E-state index in [9.17, 15) is 0 Å². The molecule has 0 aromatic heterocycles. The molecule has 1 N–H and O–H groups in total.